The number of amides is 1. The summed E-state index contributed by atoms with van der Waals surface area (Å²) in [6.07, 6.45) is 0. The lowest BCUT2D eigenvalue weighted by molar-refractivity contribution is -0.157. The van der Waals surface area contributed by atoms with Crippen molar-refractivity contribution < 1.29 is 14.3 Å². The fraction of sp³-hybridized carbons (Fsp3) is 0.750. The molecule has 0 aromatic heterocycles. The Balaban J connectivity index is 2.51. The zero-order valence-corrected chi connectivity index (χ0v) is 7.37. The Kier molecular flexibility index (Phi) is 2.68. The van der Waals surface area contributed by atoms with Gasteiger partial charge in [0.1, 0.15) is 13.2 Å². The van der Waals surface area contributed by atoms with Crippen LogP contribution >= 0.6 is 0 Å². The lowest BCUT2D eigenvalue weighted by atomic mass is 10.2. The quantitative estimate of drug-likeness (QED) is 0.523. The number of carbonyl (C=O) groups is 2. The number of esters is 1. The first kappa shape index (κ1) is 9.03. The molecule has 4 nitrogen and oxygen atoms in total. The molecule has 0 aliphatic carbocycles. The molecule has 1 fully saturated rings. The molecule has 68 valence electrons. The van der Waals surface area contributed by atoms with Crippen LogP contribution in [0.2, 0.25) is 0 Å². The van der Waals surface area contributed by atoms with E-state index in [9.17, 15) is 9.59 Å². The number of hydrogen-bond acceptors (Lipinski definition) is 3. The minimum Gasteiger partial charge on any atom is -0.462 e. The molecule has 0 aromatic carbocycles. The molecule has 0 atom stereocenters. The number of ether oxygens (including phenoxy) is 1. The molecule has 0 radical (unpaired) electrons. The maximum Gasteiger partial charge on any atom is 0.325 e. The molecule has 0 N–H and O–H groups in total. The zero-order valence-electron chi connectivity index (χ0n) is 7.37. The van der Waals surface area contributed by atoms with Gasteiger partial charge in [0.2, 0.25) is 5.91 Å². The van der Waals surface area contributed by atoms with Gasteiger partial charge in [-0.1, -0.05) is 13.8 Å². The molecule has 12 heavy (non-hydrogen) atoms. The van der Waals surface area contributed by atoms with E-state index in [1.54, 1.807) is 0 Å². The standard InChI is InChI=1S/C8H13NO3/c1-6(2)8(11)9-3-4-12-7(10)5-9/h6H,3-5H2,1-2H3. The fourth-order valence-electron chi connectivity index (χ4n) is 1.10. The maximum absolute atomic E-state index is 11.4. The van der Waals surface area contributed by atoms with Crippen molar-refractivity contribution in [1.29, 1.82) is 0 Å². The van der Waals surface area contributed by atoms with Crippen LogP contribution in [-0.4, -0.2) is 36.5 Å². The van der Waals surface area contributed by atoms with Crippen LogP contribution in [0.15, 0.2) is 0 Å². The van der Waals surface area contributed by atoms with Crippen molar-refractivity contribution in [2.45, 2.75) is 13.8 Å². The minimum atomic E-state index is -0.310. The summed E-state index contributed by atoms with van der Waals surface area (Å²) in [7, 11) is 0. The van der Waals surface area contributed by atoms with Gasteiger partial charge in [-0.05, 0) is 0 Å². The third kappa shape index (κ3) is 1.96. The lowest BCUT2D eigenvalue weighted by Crippen LogP contribution is -2.45. The predicted molar refractivity (Wildman–Crippen MR) is 42.4 cm³/mol. The topological polar surface area (TPSA) is 46.6 Å². The Morgan fingerprint density at radius 1 is 1.58 bits per heavy atom. The molecule has 0 bridgehead atoms. The Morgan fingerprint density at radius 2 is 2.25 bits per heavy atom. The Hall–Kier alpha value is -1.06. The molecular formula is C8H13NO3. The molecule has 1 heterocycles. The van der Waals surface area contributed by atoms with Crippen LogP contribution in [0, 0.1) is 5.92 Å². The molecule has 1 aliphatic rings. The summed E-state index contributed by atoms with van der Waals surface area (Å²) >= 11 is 0. The number of carbonyl (C=O) groups excluding carboxylic acids is 2. The Labute approximate surface area is 71.5 Å². The van der Waals surface area contributed by atoms with E-state index in [4.69, 9.17) is 4.74 Å². The summed E-state index contributed by atoms with van der Waals surface area (Å²) in [5.74, 6) is -0.335. The average molecular weight is 171 g/mol. The molecule has 1 rings (SSSR count). The van der Waals surface area contributed by atoms with Crippen molar-refractivity contribution in [3.8, 4) is 0 Å². The summed E-state index contributed by atoms with van der Waals surface area (Å²) in [5.41, 5.74) is 0. The monoisotopic (exact) mass is 171 g/mol. The molecule has 0 saturated carbocycles. The Morgan fingerprint density at radius 3 is 2.75 bits per heavy atom. The number of cyclic esters (lactones) is 1. The van der Waals surface area contributed by atoms with Crippen molar-refractivity contribution >= 4 is 11.9 Å². The van der Waals surface area contributed by atoms with Crippen molar-refractivity contribution in [2.75, 3.05) is 19.7 Å². The van der Waals surface area contributed by atoms with E-state index in [2.05, 4.69) is 0 Å². The highest BCUT2D eigenvalue weighted by Gasteiger charge is 2.23. The first-order valence-corrected chi connectivity index (χ1v) is 4.05. The number of morpholine rings is 1. The van der Waals surface area contributed by atoms with Crippen molar-refractivity contribution in [3.05, 3.63) is 0 Å². The van der Waals surface area contributed by atoms with Crippen LogP contribution in [0.5, 0.6) is 0 Å². The van der Waals surface area contributed by atoms with Crippen LogP contribution < -0.4 is 0 Å². The smallest absolute Gasteiger partial charge is 0.325 e. The van der Waals surface area contributed by atoms with Gasteiger partial charge in [0, 0.05) is 5.92 Å². The molecule has 0 aromatic rings. The second kappa shape index (κ2) is 3.56. The normalized spacial score (nSPS) is 17.9. The third-order valence-electron chi connectivity index (χ3n) is 1.75. The highest BCUT2D eigenvalue weighted by molar-refractivity contribution is 5.83. The van der Waals surface area contributed by atoms with E-state index in [1.165, 1.54) is 4.90 Å². The molecular weight excluding hydrogens is 158 g/mol. The van der Waals surface area contributed by atoms with Gasteiger partial charge >= 0.3 is 5.97 Å². The second-order valence-electron chi connectivity index (χ2n) is 3.13. The van der Waals surface area contributed by atoms with E-state index >= 15 is 0 Å². The molecule has 1 saturated heterocycles. The van der Waals surface area contributed by atoms with Gasteiger partial charge in [-0.2, -0.15) is 0 Å². The number of hydrogen-bond donors (Lipinski definition) is 0. The SMILES string of the molecule is CC(C)C(=O)N1CCOC(=O)C1. The summed E-state index contributed by atoms with van der Waals surface area (Å²) in [5, 5.41) is 0. The average Bonchev–Trinajstić information content (AvgIpc) is 2.03. The molecule has 4 heteroatoms. The van der Waals surface area contributed by atoms with E-state index < -0.39 is 0 Å². The van der Waals surface area contributed by atoms with Gasteiger partial charge in [-0.15, -0.1) is 0 Å². The van der Waals surface area contributed by atoms with Crippen LogP contribution in [0.3, 0.4) is 0 Å². The summed E-state index contributed by atoms with van der Waals surface area (Å²) in [4.78, 5) is 23.7. The van der Waals surface area contributed by atoms with Crippen molar-refractivity contribution in [1.82, 2.24) is 4.90 Å². The van der Waals surface area contributed by atoms with Crippen LogP contribution in [-0.2, 0) is 14.3 Å². The summed E-state index contributed by atoms with van der Waals surface area (Å²) in [6, 6.07) is 0. The van der Waals surface area contributed by atoms with Crippen molar-refractivity contribution in [3.63, 3.8) is 0 Å². The second-order valence-corrected chi connectivity index (χ2v) is 3.13. The lowest BCUT2D eigenvalue weighted by Gasteiger charge is -2.27. The van der Waals surface area contributed by atoms with Crippen LogP contribution in [0.25, 0.3) is 0 Å². The molecule has 0 spiro atoms. The Bertz CT molecular complexity index is 200. The third-order valence-corrected chi connectivity index (χ3v) is 1.75. The summed E-state index contributed by atoms with van der Waals surface area (Å²) < 4.78 is 4.71. The van der Waals surface area contributed by atoms with Gasteiger partial charge in [-0.25, -0.2) is 0 Å². The van der Waals surface area contributed by atoms with E-state index in [-0.39, 0.29) is 24.3 Å². The predicted octanol–water partition coefficient (Wildman–Crippen LogP) is 0.0278. The minimum absolute atomic E-state index is 0.0200. The van der Waals surface area contributed by atoms with E-state index in [0.717, 1.165) is 0 Å². The van der Waals surface area contributed by atoms with Crippen molar-refractivity contribution in [2.24, 2.45) is 5.92 Å². The van der Waals surface area contributed by atoms with E-state index in [0.29, 0.717) is 13.2 Å². The van der Waals surface area contributed by atoms with Gasteiger partial charge < -0.3 is 9.64 Å². The molecule has 1 amide bonds. The summed E-state index contributed by atoms with van der Waals surface area (Å²) in [6.45, 7) is 4.61. The van der Waals surface area contributed by atoms with Gasteiger partial charge in [0.05, 0.1) is 6.54 Å². The van der Waals surface area contributed by atoms with Gasteiger partial charge in [0.25, 0.3) is 0 Å². The van der Waals surface area contributed by atoms with Gasteiger partial charge in [-0.3, -0.25) is 9.59 Å². The van der Waals surface area contributed by atoms with Crippen LogP contribution in [0.4, 0.5) is 0 Å². The first-order valence-electron chi connectivity index (χ1n) is 4.05. The number of rotatable bonds is 1. The largest absolute Gasteiger partial charge is 0.462 e. The van der Waals surface area contributed by atoms with E-state index in [1.807, 2.05) is 13.8 Å². The zero-order chi connectivity index (χ0) is 9.14. The molecule has 1 aliphatic heterocycles. The van der Waals surface area contributed by atoms with Gasteiger partial charge in [0.15, 0.2) is 0 Å². The number of nitrogens with zero attached hydrogens (tertiary/aromatic N) is 1. The maximum atomic E-state index is 11.4. The highest BCUT2D eigenvalue weighted by Crippen LogP contribution is 2.04. The molecule has 0 unspecified atom stereocenters. The first-order chi connectivity index (χ1) is 5.61. The highest BCUT2D eigenvalue weighted by atomic mass is 16.5. The van der Waals surface area contributed by atoms with Crippen LogP contribution in [0.1, 0.15) is 13.8 Å². The fourth-order valence-corrected chi connectivity index (χ4v) is 1.10.